The van der Waals surface area contributed by atoms with E-state index in [-0.39, 0.29) is 11.3 Å². The molecule has 1 aliphatic heterocycles. The van der Waals surface area contributed by atoms with Crippen LogP contribution in [0.2, 0.25) is 0 Å². The average molecular weight is 334 g/mol. The molecular weight excluding hydrogens is 308 g/mol. The van der Waals surface area contributed by atoms with Crippen molar-refractivity contribution in [3.8, 4) is 0 Å². The number of furan rings is 1. The highest BCUT2D eigenvalue weighted by Gasteiger charge is 2.36. The molecule has 0 unspecified atom stereocenters. The lowest BCUT2D eigenvalue weighted by atomic mass is 9.75. The van der Waals surface area contributed by atoms with Gasteiger partial charge in [-0.15, -0.1) is 0 Å². The number of carbonyl (C=O) groups excluding carboxylic acids is 1. The minimum atomic E-state index is -0.235. The number of hydrazine groups is 1. The molecule has 7 nitrogen and oxygen atoms in total. The van der Waals surface area contributed by atoms with Crippen LogP contribution < -0.4 is 5.43 Å². The van der Waals surface area contributed by atoms with E-state index >= 15 is 0 Å². The number of carbonyl (C=O) groups is 1. The summed E-state index contributed by atoms with van der Waals surface area (Å²) in [6.45, 7) is 9.47. The van der Waals surface area contributed by atoms with Crippen LogP contribution in [0.25, 0.3) is 0 Å². The topological polar surface area (TPSA) is 81.3 Å². The zero-order valence-electron chi connectivity index (χ0n) is 14.8. The summed E-state index contributed by atoms with van der Waals surface area (Å²) in [4.78, 5) is 14.9. The Balaban J connectivity index is 1.83. The molecule has 0 saturated carbocycles. The van der Waals surface area contributed by atoms with Crippen LogP contribution in [0.15, 0.2) is 9.57 Å². The first-order valence-corrected chi connectivity index (χ1v) is 8.39. The predicted octanol–water partition coefficient (Wildman–Crippen LogP) is 1.63. The second kappa shape index (κ2) is 6.22. The fourth-order valence-electron chi connectivity index (χ4n) is 3.53. The fraction of sp³-hybridized carbons (Fsp3) is 0.647. The Morgan fingerprint density at radius 1 is 1.25 bits per heavy atom. The lowest BCUT2D eigenvalue weighted by molar-refractivity contribution is 0.0633. The summed E-state index contributed by atoms with van der Waals surface area (Å²) in [5, 5.41) is 14.7. The number of rotatable bonds is 2. The van der Waals surface area contributed by atoms with Gasteiger partial charge in [-0.3, -0.25) is 10.2 Å². The number of hydrogen-bond donors (Lipinski definition) is 2. The number of nitrogens with one attached hydrogen (secondary N) is 1. The van der Waals surface area contributed by atoms with Crippen LogP contribution in [-0.4, -0.2) is 60.0 Å². The van der Waals surface area contributed by atoms with Gasteiger partial charge in [0, 0.05) is 43.7 Å². The van der Waals surface area contributed by atoms with Gasteiger partial charge in [-0.2, -0.15) is 0 Å². The van der Waals surface area contributed by atoms with Gasteiger partial charge in [0.1, 0.15) is 5.76 Å². The van der Waals surface area contributed by atoms with Gasteiger partial charge in [0.2, 0.25) is 0 Å². The van der Waals surface area contributed by atoms with Crippen molar-refractivity contribution >= 4 is 11.6 Å². The van der Waals surface area contributed by atoms with E-state index in [0.717, 1.165) is 49.5 Å². The van der Waals surface area contributed by atoms with Crippen molar-refractivity contribution in [2.24, 2.45) is 10.6 Å². The summed E-state index contributed by atoms with van der Waals surface area (Å²) in [6.07, 6.45) is 1.39. The van der Waals surface area contributed by atoms with Crippen molar-refractivity contribution in [3.63, 3.8) is 0 Å². The van der Waals surface area contributed by atoms with Crippen LogP contribution >= 0.6 is 0 Å². The summed E-state index contributed by atoms with van der Waals surface area (Å²) in [7, 11) is 2.07. The van der Waals surface area contributed by atoms with Gasteiger partial charge >= 0.3 is 5.91 Å². The molecule has 1 saturated heterocycles. The van der Waals surface area contributed by atoms with E-state index in [0.29, 0.717) is 17.9 Å². The lowest BCUT2D eigenvalue weighted by Gasteiger charge is -2.32. The molecule has 132 valence electrons. The molecule has 1 aromatic rings. The minimum absolute atomic E-state index is 0.0515. The standard InChI is InChI=1S/C17H26N4O3/c1-11-14-12(19-23)9-17(2,3)10-13(14)24-15(11)16(22)18-21-7-5-20(4)6-8-21/h23H,5-10H2,1-4H3,(H,18,22)/b19-12-. The second-order valence-electron chi connectivity index (χ2n) is 7.65. The van der Waals surface area contributed by atoms with Crippen molar-refractivity contribution in [2.45, 2.75) is 33.6 Å². The van der Waals surface area contributed by atoms with E-state index in [4.69, 9.17) is 4.42 Å². The molecule has 2 heterocycles. The molecule has 1 aliphatic carbocycles. The molecule has 24 heavy (non-hydrogen) atoms. The van der Waals surface area contributed by atoms with Crippen LogP contribution in [0, 0.1) is 12.3 Å². The molecule has 0 bridgehead atoms. The first-order chi connectivity index (χ1) is 11.3. The summed E-state index contributed by atoms with van der Waals surface area (Å²) in [6, 6.07) is 0. The van der Waals surface area contributed by atoms with E-state index in [1.54, 1.807) is 0 Å². The van der Waals surface area contributed by atoms with E-state index in [1.807, 2.05) is 11.9 Å². The summed E-state index contributed by atoms with van der Waals surface area (Å²) in [5.41, 5.74) is 5.02. The largest absolute Gasteiger partial charge is 0.455 e. The maximum Gasteiger partial charge on any atom is 0.301 e. The Morgan fingerprint density at radius 3 is 2.54 bits per heavy atom. The third-order valence-corrected chi connectivity index (χ3v) is 4.88. The van der Waals surface area contributed by atoms with Gasteiger partial charge < -0.3 is 14.5 Å². The molecule has 2 aliphatic rings. The summed E-state index contributed by atoms with van der Waals surface area (Å²) < 4.78 is 5.89. The Labute approximate surface area is 142 Å². The van der Waals surface area contributed by atoms with Crippen LogP contribution in [-0.2, 0) is 6.42 Å². The number of hydrogen-bond acceptors (Lipinski definition) is 6. The third kappa shape index (κ3) is 3.18. The van der Waals surface area contributed by atoms with Crippen molar-refractivity contribution in [1.29, 1.82) is 0 Å². The molecule has 2 N–H and O–H groups in total. The molecule has 0 atom stereocenters. The Bertz CT molecular complexity index is 670. The molecule has 3 rings (SSSR count). The summed E-state index contributed by atoms with van der Waals surface area (Å²) >= 11 is 0. The number of piperazine rings is 1. The van der Waals surface area contributed by atoms with Crippen LogP contribution in [0.4, 0.5) is 0 Å². The molecule has 1 amide bonds. The third-order valence-electron chi connectivity index (χ3n) is 4.88. The number of fused-ring (bicyclic) bond motifs is 1. The van der Waals surface area contributed by atoms with Crippen molar-refractivity contribution in [2.75, 3.05) is 33.2 Å². The molecule has 0 spiro atoms. The van der Waals surface area contributed by atoms with Crippen molar-refractivity contribution < 1.29 is 14.4 Å². The highest BCUT2D eigenvalue weighted by atomic mass is 16.4. The quantitative estimate of drug-likeness (QED) is 0.635. The van der Waals surface area contributed by atoms with Crippen LogP contribution in [0.3, 0.4) is 0 Å². The van der Waals surface area contributed by atoms with Crippen LogP contribution in [0.5, 0.6) is 0 Å². The molecule has 0 radical (unpaired) electrons. The Hall–Kier alpha value is -1.86. The Kier molecular flexibility index (Phi) is 4.40. The second-order valence-corrected chi connectivity index (χ2v) is 7.65. The SMILES string of the molecule is Cc1c(C(=O)NN2CCN(C)CC2)oc2c1/C(=N\O)CC(C)(C)C2. The van der Waals surface area contributed by atoms with Crippen LogP contribution in [0.1, 0.15) is 47.7 Å². The average Bonchev–Trinajstić information content (AvgIpc) is 2.84. The summed E-state index contributed by atoms with van der Waals surface area (Å²) in [5.74, 6) is 0.819. The van der Waals surface area contributed by atoms with Gasteiger partial charge in [0.25, 0.3) is 0 Å². The van der Waals surface area contributed by atoms with E-state index < -0.39 is 0 Å². The molecule has 7 heteroatoms. The number of oxime groups is 1. The van der Waals surface area contributed by atoms with Gasteiger partial charge in [0.05, 0.1) is 5.71 Å². The lowest BCUT2D eigenvalue weighted by Crippen LogP contribution is -2.52. The molecule has 1 aromatic heterocycles. The molecule has 1 fully saturated rings. The van der Waals surface area contributed by atoms with E-state index in [2.05, 4.69) is 36.4 Å². The fourth-order valence-corrected chi connectivity index (χ4v) is 3.53. The van der Waals surface area contributed by atoms with Gasteiger partial charge in [0.15, 0.2) is 5.76 Å². The Morgan fingerprint density at radius 2 is 1.92 bits per heavy atom. The number of nitrogens with zero attached hydrogens (tertiary/aromatic N) is 3. The molecule has 0 aromatic carbocycles. The number of likely N-dealkylation sites (N-methyl/N-ethyl adjacent to an activating group) is 1. The van der Waals surface area contributed by atoms with E-state index in [9.17, 15) is 10.0 Å². The molecular formula is C17H26N4O3. The highest BCUT2D eigenvalue weighted by molar-refractivity contribution is 6.06. The maximum absolute atomic E-state index is 12.6. The zero-order chi connectivity index (χ0) is 17.5. The first kappa shape index (κ1) is 17.0. The van der Waals surface area contributed by atoms with Crippen molar-refractivity contribution in [1.82, 2.24) is 15.3 Å². The zero-order valence-corrected chi connectivity index (χ0v) is 14.8. The van der Waals surface area contributed by atoms with Gasteiger partial charge in [-0.1, -0.05) is 19.0 Å². The van der Waals surface area contributed by atoms with Gasteiger partial charge in [-0.05, 0) is 25.8 Å². The van der Waals surface area contributed by atoms with Crippen molar-refractivity contribution in [3.05, 3.63) is 22.6 Å². The van der Waals surface area contributed by atoms with Gasteiger partial charge in [-0.25, -0.2) is 5.01 Å². The smallest absolute Gasteiger partial charge is 0.301 e. The highest BCUT2D eigenvalue weighted by Crippen LogP contribution is 2.38. The normalized spacial score (nSPS) is 23.2. The van der Waals surface area contributed by atoms with E-state index in [1.165, 1.54) is 0 Å². The number of amides is 1. The maximum atomic E-state index is 12.6. The monoisotopic (exact) mass is 334 g/mol. The minimum Gasteiger partial charge on any atom is -0.455 e. The predicted molar refractivity (Wildman–Crippen MR) is 90.4 cm³/mol. The first-order valence-electron chi connectivity index (χ1n) is 8.39.